The van der Waals surface area contributed by atoms with Gasteiger partial charge in [0.15, 0.2) is 5.69 Å². The first-order valence-electron chi connectivity index (χ1n) is 7.63. The Morgan fingerprint density at radius 3 is 2.74 bits per heavy atom. The molecule has 1 fully saturated rings. The van der Waals surface area contributed by atoms with Crippen LogP contribution < -0.4 is 0 Å². The van der Waals surface area contributed by atoms with Crippen LogP contribution in [0.15, 0.2) is 36.5 Å². The summed E-state index contributed by atoms with van der Waals surface area (Å²) in [6, 6.07) is 8.97. The van der Waals surface area contributed by atoms with Gasteiger partial charge in [-0.3, -0.25) is 4.79 Å². The minimum Gasteiger partial charge on any atom is -0.480 e. The van der Waals surface area contributed by atoms with E-state index in [0.717, 1.165) is 18.4 Å². The van der Waals surface area contributed by atoms with Gasteiger partial charge in [-0.1, -0.05) is 35.5 Å². The Morgan fingerprint density at radius 1 is 1.22 bits per heavy atom. The van der Waals surface area contributed by atoms with E-state index in [1.165, 1.54) is 4.90 Å². The zero-order valence-electron chi connectivity index (χ0n) is 12.6. The predicted octanol–water partition coefficient (Wildman–Crippen LogP) is 1.41. The van der Waals surface area contributed by atoms with Crippen LogP contribution in [0.5, 0.6) is 0 Å². The molecule has 2 aromatic rings. The molecule has 7 heteroatoms. The molecule has 23 heavy (non-hydrogen) atoms. The van der Waals surface area contributed by atoms with E-state index in [1.54, 1.807) is 10.9 Å². The molecule has 1 aliphatic rings. The molecule has 0 radical (unpaired) electrons. The van der Waals surface area contributed by atoms with Gasteiger partial charge < -0.3 is 10.0 Å². The van der Waals surface area contributed by atoms with E-state index in [1.807, 2.05) is 30.3 Å². The van der Waals surface area contributed by atoms with Crippen LogP contribution in [0, 0.1) is 0 Å². The molecule has 1 saturated heterocycles. The lowest BCUT2D eigenvalue weighted by atomic mass is 10.0. The van der Waals surface area contributed by atoms with Gasteiger partial charge in [-0.05, 0) is 24.8 Å². The minimum atomic E-state index is -0.963. The van der Waals surface area contributed by atoms with Gasteiger partial charge in [-0.25, -0.2) is 9.48 Å². The Labute approximate surface area is 133 Å². The first kappa shape index (κ1) is 15.2. The van der Waals surface area contributed by atoms with Gasteiger partial charge in [0.1, 0.15) is 6.04 Å². The number of hydrogen-bond acceptors (Lipinski definition) is 4. The molecular weight excluding hydrogens is 296 g/mol. The van der Waals surface area contributed by atoms with Gasteiger partial charge in [0.05, 0.1) is 12.7 Å². The summed E-state index contributed by atoms with van der Waals surface area (Å²) in [6.45, 7) is 0.963. The molecule has 120 valence electrons. The molecule has 0 bridgehead atoms. The number of likely N-dealkylation sites (tertiary alicyclic amines) is 1. The van der Waals surface area contributed by atoms with Crippen LogP contribution in [0.1, 0.15) is 35.3 Å². The summed E-state index contributed by atoms with van der Waals surface area (Å²) in [5, 5.41) is 17.1. The second kappa shape index (κ2) is 6.60. The molecule has 3 rings (SSSR count). The fourth-order valence-corrected chi connectivity index (χ4v) is 2.82. The third-order valence-electron chi connectivity index (χ3n) is 3.99. The molecule has 1 aromatic heterocycles. The first-order valence-corrected chi connectivity index (χ1v) is 7.63. The van der Waals surface area contributed by atoms with Crippen LogP contribution in [-0.4, -0.2) is 49.5 Å². The van der Waals surface area contributed by atoms with E-state index >= 15 is 0 Å². The zero-order valence-corrected chi connectivity index (χ0v) is 12.6. The lowest BCUT2D eigenvalue weighted by Gasteiger charge is -2.32. The van der Waals surface area contributed by atoms with E-state index in [-0.39, 0.29) is 11.6 Å². The van der Waals surface area contributed by atoms with E-state index in [2.05, 4.69) is 10.3 Å². The topological polar surface area (TPSA) is 88.3 Å². The number of aliphatic carboxylic acids is 1. The molecule has 2 heterocycles. The van der Waals surface area contributed by atoms with Crippen molar-refractivity contribution in [3.05, 3.63) is 47.8 Å². The van der Waals surface area contributed by atoms with Crippen molar-refractivity contribution in [2.45, 2.75) is 31.8 Å². The molecule has 1 aliphatic heterocycles. The predicted molar refractivity (Wildman–Crippen MR) is 81.9 cm³/mol. The summed E-state index contributed by atoms with van der Waals surface area (Å²) < 4.78 is 1.59. The van der Waals surface area contributed by atoms with Gasteiger partial charge in [-0.15, -0.1) is 5.10 Å². The smallest absolute Gasteiger partial charge is 0.326 e. The average Bonchev–Trinajstić information content (AvgIpc) is 3.03. The Bertz CT molecular complexity index is 698. The standard InChI is InChI=1S/C16H18N4O3/c21-15(20-9-5-4-8-14(20)16(22)23)13-11-19(18-17-13)10-12-6-2-1-3-7-12/h1-3,6-7,11,14H,4-5,8-10H2,(H,22,23). The molecule has 1 aromatic carbocycles. The Balaban J connectivity index is 1.74. The van der Waals surface area contributed by atoms with Crippen LogP contribution >= 0.6 is 0 Å². The zero-order chi connectivity index (χ0) is 16.2. The van der Waals surface area contributed by atoms with E-state index in [9.17, 15) is 14.7 Å². The average molecular weight is 314 g/mol. The Hall–Kier alpha value is -2.70. The van der Waals surface area contributed by atoms with Crippen molar-refractivity contribution < 1.29 is 14.7 Å². The second-order valence-corrected chi connectivity index (χ2v) is 5.64. The third-order valence-corrected chi connectivity index (χ3v) is 3.99. The van der Waals surface area contributed by atoms with Crippen molar-refractivity contribution in [1.29, 1.82) is 0 Å². The first-order chi connectivity index (χ1) is 11.1. The molecule has 0 saturated carbocycles. The van der Waals surface area contributed by atoms with Crippen LogP contribution in [0.25, 0.3) is 0 Å². The number of amides is 1. The fourth-order valence-electron chi connectivity index (χ4n) is 2.82. The van der Waals surface area contributed by atoms with Gasteiger partial charge in [0.2, 0.25) is 0 Å². The van der Waals surface area contributed by atoms with Crippen molar-refractivity contribution in [3.8, 4) is 0 Å². The summed E-state index contributed by atoms with van der Waals surface area (Å²) in [5.41, 5.74) is 1.24. The minimum absolute atomic E-state index is 0.189. The molecule has 7 nitrogen and oxygen atoms in total. The van der Waals surface area contributed by atoms with E-state index in [4.69, 9.17) is 0 Å². The number of carbonyl (C=O) groups excluding carboxylic acids is 1. The normalized spacial score (nSPS) is 17.9. The molecule has 1 unspecified atom stereocenters. The van der Waals surface area contributed by atoms with Crippen molar-refractivity contribution in [3.63, 3.8) is 0 Å². The summed E-state index contributed by atoms with van der Waals surface area (Å²) >= 11 is 0. The van der Waals surface area contributed by atoms with Gasteiger partial charge in [0, 0.05) is 6.54 Å². The summed E-state index contributed by atoms with van der Waals surface area (Å²) in [5.74, 6) is -1.33. The maximum atomic E-state index is 12.5. The molecule has 0 spiro atoms. The number of nitrogens with zero attached hydrogens (tertiary/aromatic N) is 4. The fraction of sp³-hybridized carbons (Fsp3) is 0.375. The Kier molecular flexibility index (Phi) is 4.36. The van der Waals surface area contributed by atoms with E-state index < -0.39 is 12.0 Å². The molecule has 1 N–H and O–H groups in total. The number of carboxylic acid groups (broad SMARTS) is 1. The highest BCUT2D eigenvalue weighted by Gasteiger charge is 2.33. The number of aromatic nitrogens is 3. The number of rotatable bonds is 4. The quantitative estimate of drug-likeness (QED) is 0.921. The van der Waals surface area contributed by atoms with Crippen molar-refractivity contribution >= 4 is 11.9 Å². The third kappa shape index (κ3) is 3.39. The lowest BCUT2D eigenvalue weighted by molar-refractivity contribution is -0.143. The molecule has 1 atom stereocenters. The number of piperidine rings is 1. The van der Waals surface area contributed by atoms with E-state index in [0.29, 0.717) is 19.5 Å². The van der Waals surface area contributed by atoms with Crippen LogP contribution in [-0.2, 0) is 11.3 Å². The highest BCUT2D eigenvalue weighted by atomic mass is 16.4. The second-order valence-electron chi connectivity index (χ2n) is 5.64. The molecule has 0 aliphatic carbocycles. The summed E-state index contributed by atoms with van der Waals surface area (Å²) in [4.78, 5) is 25.2. The van der Waals surface area contributed by atoms with Crippen molar-refractivity contribution in [2.75, 3.05) is 6.54 Å². The van der Waals surface area contributed by atoms with Crippen LogP contribution in [0.2, 0.25) is 0 Å². The SMILES string of the molecule is O=C(O)C1CCCCN1C(=O)c1cn(Cc2ccccc2)nn1. The van der Waals surface area contributed by atoms with Gasteiger partial charge >= 0.3 is 5.97 Å². The van der Waals surface area contributed by atoms with Crippen molar-refractivity contribution in [1.82, 2.24) is 19.9 Å². The number of carboxylic acids is 1. The summed E-state index contributed by atoms with van der Waals surface area (Å²) in [6.07, 6.45) is 3.69. The molecule has 1 amide bonds. The van der Waals surface area contributed by atoms with Gasteiger partial charge in [0.25, 0.3) is 5.91 Å². The largest absolute Gasteiger partial charge is 0.480 e. The maximum Gasteiger partial charge on any atom is 0.326 e. The molecular formula is C16H18N4O3. The monoisotopic (exact) mass is 314 g/mol. The lowest BCUT2D eigenvalue weighted by Crippen LogP contribution is -2.48. The highest BCUT2D eigenvalue weighted by molar-refractivity contribution is 5.94. The van der Waals surface area contributed by atoms with Crippen LogP contribution in [0.4, 0.5) is 0 Å². The van der Waals surface area contributed by atoms with Gasteiger partial charge in [-0.2, -0.15) is 0 Å². The maximum absolute atomic E-state index is 12.5. The van der Waals surface area contributed by atoms with Crippen LogP contribution in [0.3, 0.4) is 0 Å². The number of carbonyl (C=O) groups is 2. The highest BCUT2D eigenvalue weighted by Crippen LogP contribution is 2.19. The number of benzene rings is 1. The Morgan fingerprint density at radius 2 is 2.00 bits per heavy atom. The number of hydrogen-bond donors (Lipinski definition) is 1. The summed E-state index contributed by atoms with van der Waals surface area (Å²) in [7, 11) is 0. The van der Waals surface area contributed by atoms with Crippen molar-refractivity contribution in [2.24, 2.45) is 0 Å².